The van der Waals surface area contributed by atoms with Gasteiger partial charge in [0.25, 0.3) is 5.56 Å². The number of hydrogen-bond donors (Lipinski definition) is 0. The summed E-state index contributed by atoms with van der Waals surface area (Å²) in [6.45, 7) is 4.84. The fourth-order valence-electron chi connectivity index (χ4n) is 3.32. The van der Waals surface area contributed by atoms with Crippen molar-refractivity contribution < 1.29 is 9.47 Å². The highest BCUT2D eigenvalue weighted by Gasteiger charge is 2.12. The van der Waals surface area contributed by atoms with Gasteiger partial charge in [0.15, 0.2) is 17.3 Å². The molecule has 0 amide bonds. The van der Waals surface area contributed by atoms with Gasteiger partial charge < -0.3 is 9.47 Å². The molecule has 0 aliphatic carbocycles. The molecule has 6 nitrogen and oxygen atoms in total. The van der Waals surface area contributed by atoms with Crippen LogP contribution in [0.3, 0.4) is 0 Å². The second-order valence-electron chi connectivity index (χ2n) is 7.38. The minimum atomic E-state index is -0.176. The van der Waals surface area contributed by atoms with Crippen molar-refractivity contribution in [3.63, 3.8) is 0 Å². The number of thiazole rings is 1. The van der Waals surface area contributed by atoms with Gasteiger partial charge in [-0.3, -0.25) is 4.79 Å². The van der Waals surface area contributed by atoms with E-state index in [1.54, 1.807) is 7.11 Å². The van der Waals surface area contributed by atoms with Crippen LogP contribution in [0.15, 0.2) is 47.3 Å². The number of fused-ring (bicyclic) bond motifs is 1. The number of aromatic nitrogens is 3. The molecule has 0 aliphatic heterocycles. The Hall–Kier alpha value is -3.19. The molecule has 0 aliphatic rings. The Balaban J connectivity index is 1.62. The van der Waals surface area contributed by atoms with Crippen LogP contribution >= 0.6 is 11.3 Å². The van der Waals surface area contributed by atoms with E-state index in [0.717, 1.165) is 36.0 Å². The Kier molecular flexibility index (Phi) is 6.32. The van der Waals surface area contributed by atoms with E-state index in [1.807, 2.05) is 55.5 Å². The topological polar surface area (TPSA) is 65.7 Å². The first-order chi connectivity index (χ1) is 15.1. The van der Waals surface area contributed by atoms with Gasteiger partial charge in [-0.05, 0) is 43.2 Å². The van der Waals surface area contributed by atoms with Crippen LogP contribution in [0.5, 0.6) is 11.5 Å². The van der Waals surface area contributed by atoms with Crippen LogP contribution in [0.25, 0.3) is 22.4 Å². The number of benzene rings is 2. The normalized spacial score (nSPS) is 11.9. The highest BCUT2D eigenvalue weighted by molar-refractivity contribution is 7.15. The highest BCUT2D eigenvalue weighted by atomic mass is 32.1. The van der Waals surface area contributed by atoms with Crippen LogP contribution in [0.2, 0.25) is 0 Å². The maximum Gasteiger partial charge on any atom is 0.291 e. The van der Waals surface area contributed by atoms with Crippen molar-refractivity contribution in [3.05, 3.63) is 68.5 Å². The zero-order valence-electron chi connectivity index (χ0n) is 17.9. The number of ether oxygens (including phenoxy) is 2. The van der Waals surface area contributed by atoms with Crippen LogP contribution in [0.4, 0.5) is 0 Å². The van der Waals surface area contributed by atoms with Gasteiger partial charge in [0.05, 0.1) is 18.2 Å². The first kappa shape index (κ1) is 21.1. The average Bonchev–Trinajstić information content (AvgIpc) is 3.31. The summed E-state index contributed by atoms with van der Waals surface area (Å²) in [6.07, 6.45) is 5.14. The minimum absolute atomic E-state index is 0.176. The number of unbranched alkanes of at least 4 members (excludes halogenated alkanes) is 2. The van der Waals surface area contributed by atoms with Crippen molar-refractivity contribution in [3.8, 4) is 22.9 Å². The molecule has 0 radical (unpaired) electrons. The van der Waals surface area contributed by atoms with Gasteiger partial charge in [0.1, 0.15) is 0 Å². The molecule has 31 heavy (non-hydrogen) atoms. The Bertz CT molecular complexity index is 1310. The fourth-order valence-corrected chi connectivity index (χ4v) is 4.23. The van der Waals surface area contributed by atoms with E-state index >= 15 is 0 Å². The Morgan fingerprint density at radius 2 is 2.00 bits per heavy atom. The van der Waals surface area contributed by atoms with Crippen molar-refractivity contribution in [2.24, 2.45) is 0 Å². The lowest BCUT2D eigenvalue weighted by atomic mass is 10.1. The van der Waals surface area contributed by atoms with Gasteiger partial charge in [-0.1, -0.05) is 60.9 Å². The Morgan fingerprint density at radius 1 is 1.13 bits per heavy atom. The minimum Gasteiger partial charge on any atom is -0.493 e. The molecule has 160 valence electrons. The maximum absolute atomic E-state index is 12.9. The fraction of sp³-hybridized carbons (Fsp3) is 0.292. The Morgan fingerprint density at radius 3 is 2.74 bits per heavy atom. The third kappa shape index (κ3) is 4.61. The zero-order valence-corrected chi connectivity index (χ0v) is 18.7. The average molecular weight is 436 g/mol. The van der Waals surface area contributed by atoms with Crippen molar-refractivity contribution in [1.82, 2.24) is 14.6 Å². The second-order valence-corrected chi connectivity index (χ2v) is 8.39. The lowest BCUT2D eigenvalue weighted by molar-refractivity contribution is 0.286. The van der Waals surface area contributed by atoms with E-state index < -0.39 is 0 Å². The van der Waals surface area contributed by atoms with Crippen LogP contribution < -0.4 is 19.6 Å². The largest absolute Gasteiger partial charge is 0.493 e. The third-order valence-corrected chi connectivity index (χ3v) is 5.91. The van der Waals surface area contributed by atoms with Crippen molar-refractivity contribution in [2.45, 2.75) is 33.1 Å². The molecule has 0 saturated carbocycles. The molecule has 7 heteroatoms. The maximum atomic E-state index is 12.9. The summed E-state index contributed by atoms with van der Waals surface area (Å²) in [5, 5.41) is 4.42. The standard InChI is InChI=1S/C24H25N3O3S/c1-4-5-6-12-30-19-11-10-17(14-20(19)29-3)15-21-23(28)27-24(31-21)25-22(26-27)18-9-7-8-16(2)13-18/h7-11,13-15H,4-6,12H2,1-3H3/b21-15+. The summed E-state index contributed by atoms with van der Waals surface area (Å²) in [5.74, 6) is 1.92. The first-order valence-electron chi connectivity index (χ1n) is 10.4. The number of nitrogens with zero attached hydrogens (tertiary/aromatic N) is 3. The molecule has 2 aromatic heterocycles. The van der Waals surface area contributed by atoms with E-state index in [1.165, 1.54) is 15.9 Å². The van der Waals surface area contributed by atoms with Gasteiger partial charge in [-0.25, -0.2) is 0 Å². The van der Waals surface area contributed by atoms with Gasteiger partial charge >= 0.3 is 0 Å². The molecule has 0 N–H and O–H groups in total. The Labute approximate surface area is 184 Å². The van der Waals surface area contributed by atoms with E-state index in [2.05, 4.69) is 17.0 Å². The van der Waals surface area contributed by atoms with Crippen LogP contribution in [-0.4, -0.2) is 28.3 Å². The predicted molar refractivity (Wildman–Crippen MR) is 124 cm³/mol. The molecule has 2 heterocycles. The summed E-state index contributed by atoms with van der Waals surface area (Å²) in [6, 6.07) is 13.6. The lowest BCUT2D eigenvalue weighted by Gasteiger charge is -2.11. The van der Waals surface area contributed by atoms with Gasteiger partial charge in [0.2, 0.25) is 4.96 Å². The number of hydrogen-bond acceptors (Lipinski definition) is 6. The molecule has 0 saturated heterocycles. The first-order valence-corrected chi connectivity index (χ1v) is 11.2. The van der Waals surface area contributed by atoms with Crippen LogP contribution in [0.1, 0.15) is 37.3 Å². The predicted octanol–water partition coefficient (Wildman–Crippen LogP) is 4.25. The summed E-state index contributed by atoms with van der Waals surface area (Å²) in [5.41, 5.74) is 2.71. The summed E-state index contributed by atoms with van der Waals surface area (Å²) in [4.78, 5) is 18.0. The molecule has 4 aromatic rings. The number of rotatable bonds is 8. The van der Waals surface area contributed by atoms with E-state index in [4.69, 9.17) is 9.47 Å². The monoisotopic (exact) mass is 435 g/mol. The van der Waals surface area contributed by atoms with Crippen LogP contribution in [-0.2, 0) is 0 Å². The smallest absolute Gasteiger partial charge is 0.291 e. The molecule has 0 fully saturated rings. The molecular weight excluding hydrogens is 410 g/mol. The summed E-state index contributed by atoms with van der Waals surface area (Å²) < 4.78 is 13.3. The van der Waals surface area contributed by atoms with Crippen LogP contribution in [0, 0.1) is 6.92 Å². The van der Waals surface area contributed by atoms with E-state index in [9.17, 15) is 4.79 Å². The molecule has 0 unspecified atom stereocenters. The summed E-state index contributed by atoms with van der Waals surface area (Å²) in [7, 11) is 1.62. The molecule has 4 rings (SSSR count). The second kappa shape index (κ2) is 9.31. The molecular formula is C24H25N3O3S. The molecule has 2 aromatic carbocycles. The zero-order chi connectivity index (χ0) is 21.8. The van der Waals surface area contributed by atoms with Gasteiger partial charge in [0, 0.05) is 5.56 Å². The highest BCUT2D eigenvalue weighted by Crippen LogP contribution is 2.28. The quantitative estimate of drug-likeness (QED) is 0.387. The molecule has 0 atom stereocenters. The lowest BCUT2D eigenvalue weighted by Crippen LogP contribution is -2.23. The van der Waals surface area contributed by atoms with Gasteiger partial charge in [-0.2, -0.15) is 9.50 Å². The van der Waals surface area contributed by atoms with Crippen molar-refractivity contribution >= 4 is 22.4 Å². The third-order valence-electron chi connectivity index (χ3n) is 4.95. The van der Waals surface area contributed by atoms with E-state index in [0.29, 0.717) is 33.4 Å². The van der Waals surface area contributed by atoms with Crippen molar-refractivity contribution in [2.75, 3.05) is 13.7 Å². The van der Waals surface area contributed by atoms with Crippen molar-refractivity contribution in [1.29, 1.82) is 0 Å². The number of aryl methyl sites for hydroxylation is 1. The SMILES string of the molecule is CCCCCOc1ccc(/C=c2/sc3nc(-c4cccc(C)c4)nn3c2=O)cc1OC. The van der Waals surface area contributed by atoms with E-state index in [-0.39, 0.29) is 5.56 Å². The molecule has 0 spiro atoms. The summed E-state index contributed by atoms with van der Waals surface area (Å²) >= 11 is 1.32. The van der Waals surface area contributed by atoms with Gasteiger partial charge in [-0.15, -0.1) is 5.10 Å². The number of methoxy groups -OCH3 is 1. The molecule has 0 bridgehead atoms.